The number of hydrogen-bond acceptors (Lipinski definition) is 3. The molecule has 0 bridgehead atoms. The predicted octanol–water partition coefficient (Wildman–Crippen LogP) is 2.05. The minimum Gasteiger partial charge on any atom is -0.465 e. The van der Waals surface area contributed by atoms with Gasteiger partial charge in [0, 0.05) is 11.3 Å². The number of ether oxygens (including phenoxy) is 1. The van der Waals surface area contributed by atoms with E-state index in [1.807, 2.05) is 11.6 Å². The maximum absolute atomic E-state index is 11.6. The van der Waals surface area contributed by atoms with Crippen molar-refractivity contribution in [1.29, 1.82) is 0 Å². The third kappa shape index (κ3) is 1.44. The number of aromatic nitrogens is 2. The number of nitrogens with zero attached hydrogens (tertiary/aromatic N) is 2. The molecule has 1 heterocycles. The van der Waals surface area contributed by atoms with E-state index in [0.29, 0.717) is 17.9 Å². The lowest BCUT2D eigenvalue weighted by atomic mass is 9.98. The second kappa shape index (κ2) is 3.59. The standard InChI is InChI=1S/C14H20N2O2/c1-5-18-11(17)7-16-10-6-9-13(14(9,3)4)12(10)8(2)15-16/h9,13H,5-7H2,1-4H3/t9-,13-/m0/s1. The van der Waals surface area contributed by atoms with Crippen LogP contribution in [0.5, 0.6) is 0 Å². The van der Waals surface area contributed by atoms with Crippen molar-refractivity contribution in [2.75, 3.05) is 6.61 Å². The maximum atomic E-state index is 11.6. The summed E-state index contributed by atoms with van der Waals surface area (Å²) in [5.41, 5.74) is 4.17. The second-order valence-corrected chi connectivity index (χ2v) is 6.02. The SMILES string of the molecule is CCOC(=O)Cn1nc(C)c2c1C[C@H]1[C@@H]2C1(C)C. The van der Waals surface area contributed by atoms with Crippen molar-refractivity contribution in [2.45, 2.75) is 46.6 Å². The number of hydrogen-bond donors (Lipinski definition) is 0. The summed E-state index contributed by atoms with van der Waals surface area (Å²) in [5.74, 6) is 1.21. The van der Waals surface area contributed by atoms with Crippen molar-refractivity contribution in [2.24, 2.45) is 11.3 Å². The molecule has 0 spiro atoms. The molecule has 0 amide bonds. The fraction of sp³-hybridized carbons (Fsp3) is 0.714. The first kappa shape index (κ1) is 11.8. The summed E-state index contributed by atoms with van der Waals surface area (Å²) in [4.78, 5) is 11.6. The molecule has 3 rings (SSSR count). The van der Waals surface area contributed by atoms with Crippen molar-refractivity contribution in [3.8, 4) is 0 Å². The summed E-state index contributed by atoms with van der Waals surface area (Å²) in [6.45, 7) is 9.22. The van der Waals surface area contributed by atoms with Crippen molar-refractivity contribution in [3.63, 3.8) is 0 Å². The summed E-state index contributed by atoms with van der Waals surface area (Å²) in [6.07, 6.45) is 1.06. The van der Waals surface area contributed by atoms with Gasteiger partial charge in [0.1, 0.15) is 6.54 Å². The lowest BCUT2D eigenvalue weighted by Gasteiger charge is -2.10. The van der Waals surface area contributed by atoms with E-state index in [0.717, 1.165) is 18.0 Å². The molecule has 2 atom stereocenters. The number of aryl methyl sites for hydroxylation is 1. The Bertz CT molecular complexity index is 516. The van der Waals surface area contributed by atoms with Gasteiger partial charge < -0.3 is 4.74 Å². The van der Waals surface area contributed by atoms with Gasteiger partial charge in [-0.25, -0.2) is 0 Å². The van der Waals surface area contributed by atoms with Crippen LogP contribution in [-0.4, -0.2) is 22.4 Å². The van der Waals surface area contributed by atoms with Crippen molar-refractivity contribution >= 4 is 5.97 Å². The Hall–Kier alpha value is -1.32. The molecule has 0 radical (unpaired) electrons. The van der Waals surface area contributed by atoms with Crippen LogP contribution in [0, 0.1) is 18.3 Å². The number of rotatable bonds is 3. The number of carbonyl (C=O) groups excluding carboxylic acids is 1. The van der Waals surface area contributed by atoms with Crippen LogP contribution in [0.4, 0.5) is 0 Å². The zero-order valence-corrected chi connectivity index (χ0v) is 11.5. The Balaban J connectivity index is 1.86. The summed E-state index contributed by atoms with van der Waals surface area (Å²) in [5, 5.41) is 4.51. The second-order valence-electron chi connectivity index (χ2n) is 6.02. The summed E-state index contributed by atoms with van der Waals surface area (Å²) >= 11 is 0. The average Bonchev–Trinajstić information content (AvgIpc) is 2.67. The Morgan fingerprint density at radius 2 is 2.28 bits per heavy atom. The van der Waals surface area contributed by atoms with Crippen LogP contribution in [0.1, 0.15) is 43.6 Å². The Morgan fingerprint density at radius 3 is 2.94 bits per heavy atom. The van der Waals surface area contributed by atoms with Crippen LogP contribution >= 0.6 is 0 Å². The number of esters is 1. The van der Waals surface area contributed by atoms with E-state index in [1.165, 1.54) is 11.3 Å². The van der Waals surface area contributed by atoms with Gasteiger partial charge >= 0.3 is 5.97 Å². The normalized spacial score (nSPS) is 26.7. The first-order chi connectivity index (χ1) is 8.46. The van der Waals surface area contributed by atoms with E-state index in [4.69, 9.17) is 4.74 Å². The average molecular weight is 248 g/mol. The number of fused-ring (bicyclic) bond motifs is 3. The van der Waals surface area contributed by atoms with Gasteiger partial charge in [-0.3, -0.25) is 9.48 Å². The van der Waals surface area contributed by atoms with Crippen molar-refractivity contribution in [1.82, 2.24) is 9.78 Å². The van der Waals surface area contributed by atoms with Crippen LogP contribution in [0.3, 0.4) is 0 Å². The Kier molecular flexibility index (Phi) is 2.34. The van der Waals surface area contributed by atoms with Crippen LogP contribution < -0.4 is 0 Å². The highest BCUT2D eigenvalue weighted by Crippen LogP contribution is 2.70. The molecule has 2 aliphatic carbocycles. The molecule has 1 fully saturated rings. The molecule has 4 heteroatoms. The fourth-order valence-corrected chi connectivity index (χ4v) is 3.63. The first-order valence-electron chi connectivity index (χ1n) is 6.68. The van der Waals surface area contributed by atoms with Crippen LogP contribution in [0.15, 0.2) is 0 Å². The van der Waals surface area contributed by atoms with Gasteiger partial charge in [0.2, 0.25) is 0 Å². The van der Waals surface area contributed by atoms with Crippen molar-refractivity contribution < 1.29 is 9.53 Å². The molecule has 0 unspecified atom stereocenters. The van der Waals surface area contributed by atoms with Crippen molar-refractivity contribution in [3.05, 3.63) is 17.0 Å². The molecule has 4 nitrogen and oxygen atoms in total. The largest absolute Gasteiger partial charge is 0.465 e. The lowest BCUT2D eigenvalue weighted by molar-refractivity contribution is -0.144. The summed E-state index contributed by atoms with van der Waals surface area (Å²) in [6, 6.07) is 0. The molecule has 18 heavy (non-hydrogen) atoms. The molecule has 1 aromatic heterocycles. The van der Waals surface area contributed by atoms with Crippen LogP contribution in [0.25, 0.3) is 0 Å². The number of carbonyl (C=O) groups is 1. The highest BCUT2D eigenvalue weighted by atomic mass is 16.5. The highest BCUT2D eigenvalue weighted by Gasteiger charge is 2.63. The van der Waals surface area contributed by atoms with Gasteiger partial charge in [-0.2, -0.15) is 5.10 Å². The van der Waals surface area contributed by atoms with Gasteiger partial charge in [-0.05, 0) is 37.5 Å². The monoisotopic (exact) mass is 248 g/mol. The summed E-state index contributed by atoms with van der Waals surface area (Å²) in [7, 11) is 0. The van der Waals surface area contributed by atoms with Gasteiger partial charge in [-0.1, -0.05) is 13.8 Å². The molecule has 0 aliphatic heterocycles. The van der Waals surface area contributed by atoms with Gasteiger partial charge in [0.25, 0.3) is 0 Å². The third-order valence-corrected chi connectivity index (χ3v) is 4.64. The van der Waals surface area contributed by atoms with E-state index in [9.17, 15) is 4.79 Å². The smallest absolute Gasteiger partial charge is 0.327 e. The van der Waals surface area contributed by atoms with Crippen LogP contribution in [-0.2, 0) is 22.5 Å². The predicted molar refractivity (Wildman–Crippen MR) is 67.3 cm³/mol. The molecule has 1 saturated carbocycles. The van der Waals surface area contributed by atoms with Gasteiger partial charge in [0.15, 0.2) is 0 Å². The molecule has 0 aromatic carbocycles. The molecule has 0 saturated heterocycles. The highest BCUT2D eigenvalue weighted by molar-refractivity contribution is 5.69. The quantitative estimate of drug-likeness (QED) is 0.769. The molecule has 0 N–H and O–H groups in total. The minimum absolute atomic E-state index is 0.192. The summed E-state index contributed by atoms with van der Waals surface area (Å²) < 4.78 is 6.85. The maximum Gasteiger partial charge on any atom is 0.327 e. The van der Waals surface area contributed by atoms with Gasteiger partial charge in [-0.15, -0.1) is 0 Å². The fourth-order valence-electron chi connectivity index (χ4n) is 3.63. The topological polar surface area (TPSA) is 44.1 Å². The zero-order chi connectivity index (χ0) is 13.1. The molecule has 98 valence electrons. The van der Waals surface area contributed by atoms with E-state index < -0.39 is 0 Å². The van der Waals surface area contributed by atoms with E-state index in [1.54, 1.807) is 0 Å². The lowest BCUT2D eigenvalue weighted by Crippen LogP contribution is -2.17. The van der Waals surface area contributed by atoms with E-state index >= 15 is 0 Å². The Morgan fingerprint density at radius 1 is 1.56 bits per heavy atom. The molecular formula is C14H20N2O2. The third-order valence-electron chi connectivity index (χ3n) is 4.64. The van der Waals surface area contributed by atoms with E-state index in [-0.39, 0.29) is 12.5 Å². The Labute approximate surface area is 107 Å². The first-order valence-corrected chi connectivity index (χ1v) is 6.68. The zero-order valence-electron chi connectivity index (χ0n) is 11.5. The van der Waals surface area contributed by atoms with Gasteiger partial charge in [0.05, 0.1) is 12.3 Å². The molecule has 1 aromatic rings. The van der Waals surface area contributed by atoms with E-state index in [2.05, 4.69) is 25.9 Å². The molecule has 2 aliphatic rings. The molecular weight excluding hydrogens is 228 g/mol. The van der Waals surface area contributed by atoms with Crippen LogP contribution in [0.2, 0.25) is 0 Å². The minimum atomic E-state index is -0.192.